The van der Waals surface area contributed by atoms with E-state index in [1.807, 2.05) is 6.20 Å². The van der Waals surface area contributed by atoms with Gasteiger partial charge in [-0.25, -0.2) is 21.9 Å². The van der Waals surface area contributed by atoms with E-state index in [9.17, 15) is 17.2 Å². The molecule has 1 aliphatic rings. The quantitative estimate of drug-likeness (QED) is 0.914. The summed E-state index contributed by atoms with van der Waals surface area (Å²) in [6.45, 7) is -0.236. The smallest absolute Gasteiger partial charge is 0.252 e. The van der Waals surface area contributed by atoms with Crippen molar-refractivity contribution in [1.82, 2.24) is 14.5 Å². The van der Waals surface area contributed by atoms with Crippen LogP contribution in [0.25, 0.3) is 11.1 Å². The lowest BCUT2D eigenvalue weighted by Crippen LogP contribution is -2.27. The molecule has 0 aliphatic heterocycles. The lowest BCUT2D eigenvalue weighted by atomic mass is 10.1. The SMILES string of the molecule is Cn1cc(-c2ccc(S(=O)(=O)NCC3CC3(F)F)cc2)cn1. The summed E-state index contributed by atoms with van der Waals surface area (Å²) in [5.41, 5.74) is 1.71. The minimum Gasteiger partial charge on any atom is -0.275 e. The van der Waals surface area contributed by atoms with Crippen LogP contribution in [-0.2, 0) is 17.1 Å². The molecule has 0 amide bonds. The van der Waals surface area contributed by atoms with Gasteiger partial charge in [-0.15, -0.1) is 0 Å². The van der Waals surface area contributed by atoms with Crippen LogP contribution in [0.4, 0.5) is 8.78 Å². The number of benzene rings is 1. The van der Waals surface area contributed by atoms with Crippen LogP contribution < -0.4 is 4.72 Å². The van der Waals surface area contributed by atoms with Crippen LogP contribution in [0.3, 0.4) is 0 Å². The lowest BCUT2D eigenvalue weighted by Gasteiger charge is -2.07. The highest BCUT2D eigenvalue weighted by Gasteiger charge is 2.56. The van der Waals surface area contributed by atoms with Gasteiger partial charge in [-0.3, -0.25) is 4.68 Å². The number of nitrogens with zero attached hydrogens (tertiary/aromatic N) is 2. The van der Waals surface area contributed by atoms with Gasteiger partial charge < -0.3 is 0 Å². The fourth-order valence-electron chi connectivity index (χ4n) is 2.18. The maximum atomic E-state index is 12.8. The van der Waals surface area contributed by atoms with E-state index in [0.29, 0.717) is 0 Å². The number of hydrogen-bond donors (Lipinski definition) is 1. The van der Waals surface area contributed by atoms with Crippen molar-refractivity contribution < 1.29 is 17.2 Å². The molecule has 1 saturated carbocycles. The maximum Gasteiger partial charge on any atom is 0.252 e. The Morgan fingerprint density at radius 2 is 1.95 bits per heavy atom. The fraction of sp³-hybridized carbons (Fsp3) is 0.357. The molecule has 22 heavy (non-hydrogen) atoms. The summed E-state index contributed by atoms with van der Waals surface area (Å²) in [4.78, 5) is 0.0594. The normalized spacial score (nSPS) is 20.0. The Balaban J connectivity index is 1.71. The van der Waals surface area contributed by atoms with Gasteiger partial charge in [0.1, 0.15) is 0 Å². The van der Waals surface area contributed by atoms with Crippen LogP contribution in [0.15, 0.2) is 41.6 Å². The molecule has 118 valence electrons. The van der Waals surface area contributed by atoms with Crippen LogP contribution in [0.5, 0.6) is 0 Å². The summed E-state index contributed by atoms with van der Waals surface area (Å²) in [5.74, 6) is -3.62. The lowest BCUT2D eigenvalue weighted by molar-refractivity contribution is 0.0998. The molecular formula is C14H15F2N3O2S. The van der Waals surface area contributed by atoms with Crippen molar-refractivity contribution in [3.63, 3.8) is 0 Å². The third kappa shape index (κ3) is 3.02. The molecule has 1 N–H and O–H groups in total. The number of rotatable bonds is 5. The molecule has 1 aliphatic carbocycles. The molecule has 1 unspecified atom stereocenters. The van der Waals surface area contributed by atoms with Crippen molar-refractivity contribution in [2.45, 2.75) is 17.2 Å². The van der Waals surface area contributed by atoms with E-state index < -0.39 is 21.9 Å². The average molecular weight is 327 g/mol. The van der Waals surface area contributed by atoms with Crippen molar-refractivity contribution >= 4 is 10.0 Å². The van der Waals surface area contributed by atoms with Crippen molar-refractivity contribution in [3.05, 3.63) is 36.7 Å². The van der Waals surface area contributed by atoms with Crippen molar-refractivity contribution in [2.24, 2.45) is 13.0 Å². The summed E-state index contributed by atoms with van der Waals surface area (Å²) < 4.78 is 53.5. The van der Waals surface area contributed by atoms with E-state index in [4.69, 9.17) is 0 Å². The first-order valence-corrected chi connectivity index (χ1v) is 8.23. The Kier molecular flexibility index (Phi) is 3.53. The summed E-state index contributed by atoms with van der Waals surface area (Å²) in [6, 6.07) is 6.24. The largest absolute Gasteiger partial charge is 0.275 e. The minimum atomic E-state index is -3.76. The number of aromatic nitrogens is 2. The second-order valence-electron chi connectivity index (χ2n) is 5.44. The van der Waals surface area contributed by atoms with Crippen molar-refractivity contribution in [2.75, 3.05) is 6.54 Å². The van der Waals surface area contributed by atoms with E-state index in [2.05, 4.69) is 9.82 Å². The van der Waals surface area contributed by atoms with Crippen LogP contribution >= 0.6 is 0 Å². The van der Waals surface area contributed by atoms with E-state index >= 15 is 0 Å². The van der Waals surface area contributed by atoms with Crippen molar-refractivity contribution in [3.8, 4) is 11.1 Å². The predicted molar refractivity (Wildman–Crippen MR) is 76.9 cm³/mol. The van der Waals surface area contributed by atoms with Gasteiger partial charge in [-0.1, -0.05) is 12.1 Å². The van der Waals surface area contributed by atoms with Gasteiger partial charge in [0.05, 0.1) is 11.1 Å². The van der Waals surface area contributed by atoms with E-state index in [1.54, 1.807) is 30.1 Å². The topological polar surface area (TPSA) is 64.0 Å². The van der Waals surface area contributed by atoms with Crippen LogP contribution in [0, 0.1) is 5.92 Å². The molecule has 8 heteroatoms. The zero-order valence-electron chi connectivity index (χ0n) is 11.8. The molecule has 0 saturated heterocycles. The van der Waals surface area contributed by atoms with Gasteiger partial charge >= 0.3 is 0 Å². The predicted octanol–water partition coefficient (Wildman–Crippen LogP) is 2.02. The number of hydrogen-bond acceptors (Lipinski definition) is 3. The third-order valence-corrected chi connectivity index (χ3v) is 5.12. The first kappa shape index (κ1) is 15.1. The molecule has 1 heterocycles. The van der Waals surface area contributed by atoms with Crippen LogP contribution in [-0.4, -0.2) is 30.7 Å². The highest BCUT2D eigenvalue weighted by molar-refractivity contribution is 7.89. The Morgan fingerprint density at radius 3 is 2.45 bits per heavy atom. The van der Waals surface area contributed by atoms with Gasteiger partial charge in [0, 0.05) is 37.7 Å². The maximum absolute atomic E-state index is 12.8. The molecule has 1 fully saturated rings. The van der Waals surface area contributed by atoms with Gasteiger partial charge in [0.25, 0.3) is 5.92 Å². The fourth-order valence-corrected chi connectivity index (χ4v) is 3.26. The molecule has 5 nitrogen and oxygen atoms in total. The molecule has 1 aromatic carbocycles. The van der Waals surface area contributed by atoms with E-state index in [-0.39, 0.29) is 17.9 Å². The molecule has 0 spiro atoms. The Labute approximate surface area is 127 Å². The third-order valence-electron chi connectivity index (χ3n) is 3.68. The highest BCUT2D eigenvalue weighted by atomic mass is 32.2. The first-order valence-electron chi connectivity index (χ1n) is 6.74. The van der Waals surface area contributed by atoms with Crippen LogP contribution in [0.2, 0.25) is 0 Å². The van der Waals surface area contributed by atoms with Gasteiger partial charge in [-0.05, 0) is 17.7 Å². The average Bonchev–Trinajstić information content (AvgIpc) is 2.86. The molecule has 2 aromatic rings. The highest BCUT2D eigenvalue weighted by Crippen LogP contribution is 2.48. The number of sulfonamides is 1. The molecule has 1 aromatic heterocycles. The minimum absolute atomic E-state index is 0.0594. The number of nitrogens with one attached hydrogen (secondary N) is 1. The van der Waals surface area contributed by atoms with Gasteiger partial charge in [0.2, 0.25) is 10.0 Å². The molecule has 1 atom stereocenters. The number of aryl methyl sites for hydroxylation is 1. The summed E-state index contributed by atoms with van der Waals surface area (Å²) in [5, 5.41) is 4.05. The standard InChI is InChI=1S/C14H15F2N3O2S/c1-19-9-11(7-17-19)10-2-4-13(5-3-10)22(20,21)18-8-12-6-14(12,15)16/h2-5,7,9,12,18H,6,8H2,1H3. The summed E-state index contributed by atoms with van der Waals surface area (Å²) in [6.07, 6.45) is 3.24. The van der Waals surface area contributed by atoms with E-state index in [0.717, 1.165) is 11.1 Å². The zero-order valence-corrected chi connectivity index (χ0v) is 12.6. The second-order valence-corrected chi connectivity index (χ2v) is 7.21. The molecule has 0 radical (unpaired) electrons. The van der Waals surface area contributed by atoms with Crippen LogP contribution in [0.1, 0.15) is 6.42 Å². The Bertz CT molecular complexity index is 785. The molecule has 3 rings (SSSR count). The molecular weight excluding hydrogens is 312 g/mol. The Hall–Kier alpha value is -1.80. The van der Waals surface area contributed by atoms with Gasteiger partial charge in [-0.2, -0.15) is 5.10 Å². The summed E-state index contributed by atoms with van der Waals surface area (Å²) in [7, 11) is -1.97. The zero-order chi connectivity index (χ0) is 16.0. The molecule has 0 bridgehead atoms. The Morgan fingerprint density at radius 1 is 1.32 bits per heavy atom. The summed E-state index contributed by atoms with van der Waals surface area (Å²) >= 11 is 0. The van der Waals surface area contributed by atoms with Crippen molar-refractivity contribution in [1.29, 1.82) is 0 Å². The number of alkyl halides is 2. The van der Waals surface area contributed by atoms with E-state index in [1.165, 1.54) is 12.1 Å². The second kappa shape index (κ2) is 5.13. The number of halogens is 2. The van der Waals surface area contributed by atoms with Gasteiger partial charge in [0.15, 0.2) is 0 Å². The first-order chi connectivity index (χ1) is 10.3. The monoisotopic (exact) mass is 327 g/mol.